The summed E-state index contributed by atoms with van der Waals surface area (Å²) in [5.41, 5.74) is 6.26. The molecule has 0 bridgehead atoms. The molecule has 2 aromatic rings. The molecule has 0 amide bonds. The summed E-state index contributed by atoms with van der Waals surface area (Å²) in [4.78, 5) is 0. The van der Waals surface area contributed by atoms with Crippen LogP contribution in [0, 0.1) is 0 Å². The molecule has 6 N–H and O–H groups in total. The van der Waals surface area contributed by atoms with Crippen LogP contribution in [-0.4, -0.2) is 55.8 Å². The van der Waals surface area contributed by atoms with Crippen molar-refractivity contribution in [3.05, 3.63) is 32.9 Å². The summed E-state index contributed by atoms with van der Waals surface area (Å²) in [6.45, 7) is -0.495. The van der Waals surface area contributed by atoms with Crippen molar-refractivity contribution in [3.8, 4) is 0 Å². The summed E-state index contributed by atoms with van der Waals surface area (Å²) in [5.74, 6) is -0.279. The highest BCUT2D eigenvalue weighted by molar-refractivity contribution is 6.43. The minimum Gasteiger partial charge on any atom is -0.409 e. The minimum absolute atomic E-state index is 0.0153. The maximum atomic E-state index is 10.3. The molecule has 0 saturated carbocycles. The van der Waals surface area contributed by atoms with Crippen molar-refractivity contribution in [2.45, 2.75) is 24.5 Å². The number of fused-ring (bicyclic) bond motifs is 1. The van der Waals surface area contributed by atoms with Crippen LogP contribution in [0.5, 0.6) is 0 Å². The zero-order valence-electron chi connectivity index (χ0n) is 12.5. The van der Waals surface area contributed by atoms with Crippen LogP contribution in [0.2, 0.25) is 15.2 Å². The SMILES string of the molecule is N/C(=N\O)c1c(Cl)n([C@@H]2O[C@H](CO)C(O)C2O)c2cc(Cl)c(Cl)cc12. The van der Waals surface area contributed by atoms with Gasteiger partial charge in [0.15, 0.2) is 12.1 Å². The Morgan fingerprint density at radius 2 is 1.84 bits per heavy atom. The molecule has 11 heteroatoms. The molecule has 2 unspecified atom stereocenters. The Kier molecular flexibility index (Phi) is 5.04. The fourth-order valence-corrected chi connectivity index (χ4v) is 3.62. The van der Waals surface area contributed by atoms with Gasteiger partial charge in [-0.2, -0.15) is 0 Å². The molecule has 4 atom stereocenters. The maximum Gasteiger partial charge on any atom is 0.173 e. The molecule has 1 aliphatic heterocycles. The Morgan fingerprint density at radius 1 is 1.20 bits per heavy atom. The molecule has 0 radical (unpaired) electrons. The van der Waals surface area contributed by atoms with Crippen molar-refractivity contribution in [1.82, 2.24) is 4.57 Å². The van der Waals surface area contributed by atoms with Gasteiger partial charge in [0.1, 0.15) is 23.5 Å². The highest BCUT2D eigenvalue weighted by Gasteiger charge is 2.45. The summed E-state index contributed by atoms with van der Waals surface area (Å²) in [5, 5.41) is 42.3. The van der Waals surface area contributed by atoms with E-state index in [0.29, 0.717) is 10.9 Å². The first kappa shape index (κ1) is 18.5. The molecule has 3 rings (SSSR count). The lowest BCUT2D eigenvalue weighted by molar-refractivity contribution is -0.0505. The van der Waals surface area contributed by atoms with E-state index in [1.165, 1.54) is 16.7 Å². The van der Waals surface area contributed by atoms with Gasteiger partial charge in [-0.3, -0.25) is 0 Å². The number of nitrogens with two attached hydrogens (primary N) is 1. The highest BCUT2D eigenvalue weighted by atomic mass is 35.5. The molecular formula is C14H14Cl3N3O5. The second kappa shape index (κ2) is 6.81. The number of aliphatic hydroxyl groups is 3. The molecule has 136 valence electrons. The number of nitrogens with zero attached hydrogens (tertiary/aromatic N) is 2. The van der Waals surface area contributed by atoms with Gasteiger partial charge in [0.05, 0.1) is 27.7 Å². The Bertz CT molecular complexity index is 856. The van der Waals surface area contributed by atoms with Crippen molar-refractivity contribution in [2.24, 2.45) is 10.9 Å². The molecule has 1 saturated heterocycles. The van der Waals surface area contributed by atoms with E-state index in [1.54, 1.807) is 0 Å². The van der Waals surface area contributed by atoms with Gasteiger partial charge in [-0.25, -0.2) is 0 Å². The van der Waals surface area contributed by atoms with E-state index in [1.807, 2.05) is 0 Å². The smallest absolute Gasteiger partial charge is 0.173 e. The van der Waals surface area contributed by atoms with E-state index in [9.17, 15) is 15.3 Å². The quantitative estimate of drug-likeness (QED) is 0.224. The molecule has 0 spiro atoms. The predicted octanol–water partition coefficient (Wildman–Crippen LogP) is 1.31. The van der Waals surface area contributed by atoms with Gasteiger partial charge in [-0.15, -0.1) is 0 Å². The van der Waals surface area contributed by atoms with Gasteiger partial charge in [0.25, 0.3) is 0 Å². The molecule has 1 aromatic carbocycles. The van der Waals surface area contributed by atoms with Crippen molar-refractivity contribution in [1.29, 1.82) is 0 Å². The molecule has 8 nitrogen and oxygen atoms in total. The molecule has 1 fully saturated rings. The van der Waals surface area contributed by atoms with Gasteiger partial charge in [0.2, 0.25) is 0 Å². The number of oxime groups is 1. The molecular weight excluding hydrogens is 397 g/mol. The number of aromatic nitrogens is 1. The van der Waals surface area contributed by atoms with Crippen LogP contribution < -0.4 is 5.73 Å². The largest absolute Gasteiger partial charge is 0.409 e. The van der Waals surface area contributed by atoms with Crippen LogP contribution in [0.3, 0.4) is 0 Å². The second-order valence-electron chi connectivity index (χ2n) is 5.53. The zero-order chi connectivity index (χ0) is 18.5. The topological polar surface area (TPSA) is 133 Å². The Labute approximate surface area is 156 Å². The van der Waals surface area contributed by atoms with E-state index < -0.39 is 31.1 Å². The number of hydrogen-bond acceptors (Lipinski definition) is 6. The summed E-state index contributed by atoms with van der Waals surface area (Å²) >= 11 is 18.5. The van der Waals surface area contributed by atoms with E-state index in [4.69, 9.17) is 50.5 Å². The van der Waals surface area contributed by atoms with Gasteiger partial charge in [-0.05, 0) is 12.1 Å². The van der Waals surface area contributed by atoms with Crippen LogP contribution in [0.1, 0.15) is 11.8 Å². The van der Waals surface area contributed by atoms with Crippen LogP contribution in [0.25, 0.3) is 10.9 Å². The van der Waals surface area contributed by atoms with Gasteiger partial charge >= 0.3 is 0 Å². The summed E-state index contributed by atoms with van der Waals surface area (Å²) in [6, 6.07) is 2.96. The first-order valence-corrected chi connectivity index (χ1v) is 8.24. The van der Waals surface area contributed by atoms with Crippen molar-refractivity contribution >= 4 is 51.5 Å². The lowest BCUT2D eigenvalue weighted by Gasteiger charge is -2.19. The highest BCUT2D eigenvalue weighted by Crippen LogP contribution is 2.41. The van der Waals surface area contributed by atoms with Gasteiger partial charge in [-0.1, -0.05) is 40.0 Å². The first-order valence-electron chi connectivity index (χ1n) is 7.10. The minimum atomic E-state index is -1.38. The fraction of sp³-hybridized carbons (Fsp3) is 0.357. The van der Waals surface area contributed by atoms with E-state index in [2.05, 4.69) is 5.16 Å². The molecule has 0 aliphatic carbocycles. The second-order valence-corrected chi connectivity index (χ2v) is 6.71. The van der Waals surface area contributed by atoms with Crippen LogP contribution in [-0.2, 0) is 4.74 Å². The van der Waals surface area contributed by atoms with Crippen molar-refractivity contribution in [3.63, 3.8) is 0 Å². The standard InChI is InChI=1S/C14H14Cl3N3O5/c15-5-1-4-7(2-6(5)16)20(12(17)9(4)13(18)19-24)14-11(23)10(22)8(3-21)25-14/h1-2,8,10-11,14,21-24H,3H2,(H2,18,19)/t8-,10?,11?,14-/m1/s1. The molecule has 1 aliphatic rings. The Morgan fingerprint density at radius 3 is 2.40 bits per heavy atom. The monoisotopic (exact) mass is 409 g/mol. The average Bonchev–Trinajstić information content (AvgIpc) is 3.01. The number of ether oxygens (including phenoxy) is 1. The predicted molar refractivity (Wildman–Crippen MR) is 92.5 cm³/mol. The number of amidine groups is 1. The number of hydrogen-bond donors (Lipinski definition) is 5. The third-order valence-electron chi connectivity index (χ3n) is 4.12. The lowest BCUT2D eigenvalue weighted by Crippen LogP contribution is -2.33. The van der Waals surface area contributed by atoms with Crippen molar-refractivity contribution < 1.29 is 25.3 Å². The summed E-state index contributed by atoms with van der Waals surface area (Å²) in [6.07, 6.45) is -4.82. The van der Waals surface area contributed by atoms with Crippen LogP contribution >= 0.6 is 34.8 Å². The van der Waals surface area contributed by atoms with E-state index in [-0.39, 0.29) is 26.6 Å². The number of rotatable bonds is 3. The molecule has 2 heterocycles. The fourth-order valence-electron chi connectivity index (χ4n) is 2.91. The zero-order valence-corrected chi connectivity index (χ0v) is 14.7. The number of halogens is 3. The maximum absolute atomic E-state index is 10.3. The third kappa shape index (κ3) is 2.83. The van der Waals surface area contributed by atoms with E-state index in [0.717, 1.165) is 0 Å². The van der Waals surface area contributed by atoms with Crippen LogP contribution in [0.15, 0.2) is 17.3 Å². The van der Waals surface area contributed by atoms with Gasteiger partial charge in [0, 0.05) is 5.39 Å². The third-order valence-corrected chi connectivity index (χ3v) is 5.21. The Hall–Kier alpha value is -1.26. The lowest BCUT2D eigenvalue weighted by atomic mass is 10.1. The first-order chi connectivity index (χ1) is 11.8. The number of benzene rings is 1. The number of aliphatic hydroxyl groups excluding tert-OH is 3. The molecule has 1 aromatic heterocycles. The Balaban J connectivity index is 2.29. The van der Waals surface area contributed by atoms with E-state index >= 15 is 0 Å². The molecule has 25 heavy (non-hydrogen) atoms. The normalized spacial score (nSPS) is 27.4. The van der Waals surface area contributed by atoms with Crippen LogP contribution in [0.4, 0.5) is 0 Å². The summed E-state index contributed by atoms with van der Waals surface area (Å²) in [7, 11) is 0. The van der Waals surface area contributed by atoms with Gasteiger partial charge < -0.3 is 35.6 Å². The van der Waals surface area contributed by atoms with Crippen molar-refractivity contribution in [2.75, 3.05) is 6.61 Å². The summed E-state index contributed by atoms with van der Waals surface area (Å²) < 4.78 is 6.86. The average molecular weight is 411 g/mol.